The van der Waals surface area contributed by atoms with Gasteiger partial charge in [-0.15, -0.1) is 0 Å². The summed E-state index contributed by atoms with van der Waals surface area (Å²) in [5.74, 6) is -0.797. The Kier molecular flexibility index (Phi) is 3.32. The highest BCUT2D eigenvalue weighted by Gasteiger charge is 2.19. The predicted molar refractivity (Wildman–Crippen MR) is 75.0 cm³/mol. The van der Waals surface area contributed by atoms with Gasteiger partial charge in [-0.05, 0) is 38.2 Å². The van der Waals surface area contributed by atoms with Crippen LogP contribution < -0.4 is 5.56 Å². The zero-order valence-corrected chi connectivity index (χ0v) is 11.7. The van der Waals surface area contributed by atoms with Crippen LogP contribution in [0.2, 0.25) is 0 Å². The number of fused-ring (bicyclic) bond motifs is 1. The van der Waals surface area contributed by atoms with Crippen molar-refractivity contribution in [3.63, 3.8) is 0 Å². The SMILES string of the molecule is CCc1cc(C(=O)O)nn1-c1nc2c(c(=O)[nH]1)CCCC2. The first-order chi connectivity index (χ1) is 10.1. The van der Waals surface area contributed by atoms with Gasteiger partial charge in [-0.25, -0.2) is 14.5 Å². The molecular formula is C14H16N4O3. The Bertz CT molecular complexity index is 760. The Morgan fingerprint density at radius 2 is 2.19 bits per heavy atom. The first-order valence-corrected chi connectivity index (χ1v) is 7.05. The highest BCUT2D eigenvalue weighted by molar-refractivity contribution is 5.85. The number of aryl methyl sites for hydroxylation is 2. The number of H-pyrrole nitrogens is 1. The first kappa shape index (κ1) is 13.5. The number of nitrogens with one attached hydrogen (secondary N) is 1. The third-order valence-electron chi connectivity index (χ3n) is 3.74. The van der Waals surface area contributed by atoms with E-state index in [2.05, 4.69) is 15.1 Å². The fourth-order valence-corrected chi connectivity index (χ4v) is 2.65. The molecule has 7 nitrogen and oxygen atoms in total. The summed E-state index contributed by atoms with van der Waals surface area (Å²) >= 11 is 0. The maximum Gasteiger partial charge on any atom is 0.356 e. The lowest BCUT2D eigenvalue weighted by Crippen LogP contribution is -2.24. The van der Waals surface area contributed by atoms with Crippen LogP contribution in [0, 0.1) is 0 Å². The second kappa shape index (κ2) is 5.16. The zero-order chi connectivity index (χ0) is 15.0. The molecule has 110 valence electrons. The van der Waals surface area contributed by atoms with Crippen LogP contribution in [0.15, 0.2) is 10.9 Å². The van der Waals surface area contributed by atoms with Crippen LogP contribution in [0.1, 0.15) is 47.2 Å². The molecule has 0 unspecified atom stereocenters. The average Bonchev–Trinajstić information content (AvgIpc) is 2.91. The summed E-state index contributed by atoms with van der Waals surface area (Å²) in [7, 11) is 0. The van der Waals surface area contributed by atoms with Crippen LogP contribution in [0.5, 0.6) is 0 Å². The lowest BCUT2D eigenvalue weighted by molar-refractivity contribution is 0.0690. The molecule has 0 saturated carbocycles. The van der Waals surface area contributed by atoms with Crippen molar-refractivity contribution in [1.82, 2.24) is 19.7 Å². The first-order valence-electron chi connectivity index (χ1n) is 7.05. The van der Waals surface area contributed by atoms with Crippen LogP contribution in [0.4, 0.5) is 0 Å². The summed E-state index contributed by atoms with van der Waals surface area (Å²) in [6.45, 7) is 1.90. The van der Waals surface area contributed by atoms with Crippen molar-refractivity contribution in [1.29, 1.82) is 0 Å². The molecule has 0 aromatic carbocycles. The lowest BCUT2D eigenvalue weighted by atomic mass is 9.97. The molecule has 2 aromatic heterocycles. The standard InChI is InChI=1S/C14H16N4O3/c1-2-8-7-11(13(20)21)17-18(8)14-15-10-6-4-3-5-9(10)12(19)16-14/h7H,2-6H2,1H3,(H,20,21)(H,15,16,19). The summed E-state index contributed by atoms with van der Waals surface area (Å²) in [4.78, 5) is 30.4. The number of aromatic amines is 1. The maximum absolute atomic E-state index is 12.1. The largest absolute Gasteiger partial charge is 0.476 e. The van der Waals surface area contributed by atoms with E-state index in [4.69, 9.17) is 5.11 Å². The van der Waals surface area contributed by atoms with E-state index in [1.807, 2.05) is 6.92 Å². The second-order valence-corrected chi connectivity index (χ2v) is 5.11. The molecule has 2 heterocycles. The van der Waals surface area contributed by atoms with Crippen molar-refractivity contribution in [2.24, 2.45) is 0 Å². The summed E-state index contributed by atoms with van der Waals surface area (Å²) in [5.41, 5.74) is 2.05. The minimum atomic E-state index is -1.09. The Balaban J connectivity index is 2.14. The van der Waals surface area contributed by atoms with Gasteiger partial charge in [0.2, 0.25) is 5.95 Å². The fourth-order valence-electron chi connectivity index (χ4n) is 2.65. The van der Waals surface area contributed by atoms with Crippen molar-refractivity contribution in [3.8, 4) is 5.95 Å². The molecule has 3 rings (SSSR count). The molecule has 0 spiro atoms. The zero-order valence-electron chi connectivity index (χ0n) is 11.7. The number of carboxylic acid groups (broad SMARTS) is 1. The van der Waals surface area contributed by atoms with Crippen molar-refractivity contribution in [2.75, 3.05) is 0 Å². The number of aromatic nitrogens is 4. The Morgan fingerprint density at radius 3 is 2.90 bits per heavy atom. The number of hydrogen-bond acceptors (Lipinski definition) is 4. The van der Waals surface area contributed by atoms with Crippen molar-refractivity contribution in [3.05, 3.63) is 39.1 Å². The molecule has 0 amide bonds. The molecule has 2 aromatic rings. The highest BCUT2D eigenvalue weighted by atomic mass is 16.4. The van der Waals surface area contributed by atoms with Gasteiger partial charge in [-0.1, -0.05) is 6.92 Å². The Morgan fingerprint density at radius 1 is 1.43 bits per heavy atom. The van der Waals surface area contributed by atoms with Gasteiger partial charge in [0.05, 0.1) is 5.69 Å². The third kappa shape index (κ3) is 2.35. The van der Waals surface area contributed by atoms with E-state index >= 15 is 0 Å². The molecule has 0 atom stereocenters. The lowest BCUT2D eigenvalue weighted by Gasteiger charge is -2.15. The van der Waals surface area contributed by atoms with Gasteiger partial charge in [0.15, 0.2) is 5.69 Å². The van der Waals surface area contributed by atoms with Gasteiger partial charge in [0.1, 0.15) is 0 Å². The molecule has 0 saturated heterocycles. The molecule has 2 N–H and O–H groups in total. The normalized spacial score (nSPS) is 14.0. The smallest absolute Gasteiger partial charge is 0.356 e. The molecule has 0 fully saturated rings. The van der Waals surface area contributed by atoms with Gasteiger partial charge >= 0.3 is 5.97 Å². The number of hydrogen-bond donors (Lipinski definition) is 2. The Labute approximate surface area is 120 Å². The Hall–Kier alpha value is -2.44. The van der Waals surface area contributed by atoms with Crippen molar-refractivity contribution < 1.29 is 9.90 Å². The van der Waals surface area contributed by atoms with Crippen LogP contribution in [-0.2, 0) is 19.3 Å². The van der Waals surface area contributed by atoms with Gasteiger partial charge in [-0.3, -0.25) is 9.78 Å². The van der Waals surface area contributed by atoms with E-state index in [9.17, 15) is 9.59 Å². The molecule has 21 heavy (non-hydrogen) atoms. The maximum atomic E-state index is 12.1. The quantitative estimate of drug-likeness (QED) is 0.880. The molecule has 0 bridgehead atoms. The molecule has 7 heteroatoms. The summed E-state index contributed by atoms with van der Waals surface area (Å²) in [5, 5.41) is 13.1. The van der Waals surface area contributed by atoms with Gasteiger partial charge < -0.3 is 5.11 Å². The fraction of sp³-hybridized carbons (Fsp3) is 0.429. The van der Waals surface area contributed by atoms with Crippen molar-refractivity contribution >= 4 is 5.97 Å². The number of carbonyl (C=O) groups is 1. The molecular weight excluding hydrogens is 272 g/mol. The summed E-state index contributed by atoms with van der Waals surface area (Å²) < 4.78 is 1.42. The number of rotatable bonds is 3. The van der Waals surface area contributed by atoms with E-state index in [-0.39, 0.29) is 11.3 Å². The van der Waals surface area contributed by atoms with Crippen LogP contribution in [-0.4, -0.2) is 30.8 Å². The van der Waals surface area contributed by atoms with Crippen LogP contribution in [0.3, 0.4) is 0 Å². The van der Waals surface area contributed by atoms with E-state index in [0.29, 0.717) is 18.1 Å². The van der Waals surface area contributed by atoms with Crippen LogP contribution in [0.25, 0.3) is 5.95 Å². The van der Waals surface area contributed by atoms with E-state index in [1.165, 1.54) is 10.7 Å². The molecule has 0 aliphatic heterocycles. The number of carboxylic acids is 1. The van der Waals surface area contributed by atoms with Crippen molar-refractivity contribution in [2.45, 2.75) is 39.0 Å². The summed E-state index contributed by atoms with van der Waals surface area (Å²) in [6, 6.07) is 1.50. The third-order valence-corrected chi connectivity index (χ3v) is 3.74. The molecule has 1 aliphatic carbocycles. The van der Waals surface area contributed by atoms with E-state index in [0.717, 1.165) is 36.9 Å². The predicted octanol–water partition coefficient (Wildman–Crippen LogP) is 1.09. The molecule has 0 radical (unpaired) electrons. The monoisotopic (exact) mass is 288 g/mol. The second-order valence-electron chi connectivity index (χ2n) is 5.11. The minimum absolute atomic E-state index is 0.0489. The average molecular weight is 288 g/mol. The van der Waals surface area contributed by atoms with Gasteiger partial charge in [0.25, 0.3) is 5.56 Å². The number of aromatic carboxylic acids is 1. The van der Waals surface area contributed by atoms with E-state index in [1.54, 1.807) is 0 Å². The highest BCUT2D eigenvalue weighted by Crippen LogP contribution is 2.17. The minimum Gasteiger partial charge on any atom is -0.476 e. The van der Waals surface area contributed by atoms with Gasteiger partial charge in [0, 0.05) is 11.3 Å². The summed E-state index contributed by atoms with van der Waals surface area (Å²) in [6.07, 6.45) is 4.14. The number of nitrogens with zero attached hydrogens (tertiary/aromatic N) is 3. The molecule has 1 aliphatic rings. The van der Waals surface area contributed by atoms with Crippen LogP contribution >= 0.6 is 0 Å². The topological polar surface area (TPSA) is 101 Å². The van der Waals surface area contributed by atoms with E-state index < -0.39 is 5.97 Å². The van der Waals surface area contributed by atoms with Gasteiger partial charge in [-0.2, -0.15) is 5.10 Å².